The monoisotopic (exact) mass is 426 g/mol. The molecule has 1 heterocycles. The fourth-order valence-corrected chi connectivity index (χ4v) is 4.05. The quantitative estimate of drug-likeness (QED) is 0.478. The maximum atomic E-state index is 12.8. The molecule has 148 valence electrons. The number of methoxy groups -OCH3 is 1. The number of allylic oxidation sites excluding steroid dienone is 3. The molecule has 0 aromatic heterocycles. The highest BCUT2D eigenvalue weighted by Crippen LogP contribution is 2.43. The van der Waals surface area contributed by atoms with E-state index >= 15 is 0 Å². The lowest BCUT2D eigenvalue weighted by atomic mass is 9.83. The average molecular weight is 427 g/mol. The Hall–Kier alpha value is -2.74. The summed E-state index contributed by atoms with van der Waals surface area (Å²) in [4.78, 5) is 16.5. The zero-order valence-corrected chi connectivity index (χ0v) is 17.6. The Morgan fingerprint density at radius 1 is 1.17 bits per heavy atom. The van der Waals surface area contributed by atoms with Gasteiger partial charge in [-0.25, -0.2) is 9.64 Å². The Balaban J connectivity index is 2.11. The van der Waals surface area contributed by atoms with Crippen LogP contribution in [0.4, 0.5) is 0 Å². The van der Waals surface area contributed by atoms with Crippen LogP contribution in [0, 0.1) is 6.57 Å². The number of carbonyl (C=O) groups is 1. The van der Waals surface area contributed by atoms with Gasteiger partial charge < -0.3 is 10.1 Å². The van der Waals surface area contributed by atoms with Crippen molar-refractivity contribution in [3.63, 3.8) is 0 Å². The molecular formula is C23H20Cl2N2O2. The van der Waals surface area contributed by atoms with Gasteiger partial charge in [-0.05, 0) is 43.0 Å². The highest BCUT2D eigenvalue weighted by Gasteiger charge is 2.36. The van der Waals surface area contributed by atoms with Gasteiger partial charge in [0.05, 0.1) is 25.2 Å². The molecule has 0 radical (unpaired) electrons. The van der Waals surface area contributed by atoms with Crippen LogP contribution < -0.4 is 5.32 Å². The second-order valence-electron chi connectivity index (χ2n) is 6.72. The van der Waals surface area contributed by atoms with Crippen molar-refractivity contribution >= 4 is 29.2 Å². The third-order valence-electron chi connectivity index (χ3n) is 4.92. The zero-order chi connectivity index (χ0) is 21.0. The molecule has 3 rings (SSSR count). The lowest BCUT2D eigenvalue weighted by Gasteiger charge is -2.30. The van der Waals surface area contributed by atoms with Gasteiger partial charge in [0.25, 0.3) is 0 Å². The summed E-state index contributed by atoms with van der Waals surface area (Å²) in [5, 5.41) is 4.16. The van der Waals surface area contributed by atoms with Crippen LogP contribution in [0.3, 0.4) is 0 Å². The van der Waals surface area contributed by atoms with E-state index in [0.717, 1.165) is 17.7 Å². The van der Waals surface area contributed by atoms with E-state index < -0.39 is 11.9 Å². The number of rotatable bonds is 5. The van der Waals surface area contributed by atoms with Gasteiger partial charge in [-0.15, -0.1) is 0 Å². The van der Waals surface area contributed by atoms with Crippen LogP contribution in [0.5, 0.6) is 0 Å². The molecule has 29 heavy (non-hydrogen) atoms. The first-order valence-electron chi connectivity index (χ1n) is 9.11. The van der Waals surface area contributed by atoms with Crippen molar-refractivity contribution in [2.24, 2.45) is 0 Å². The van der Waals surface area contributed by atoms with E-state index in [9.17, 15) is 4.79 Å². The van der Waals surface area contributed by atoms with E-state index in [1.807, 2.05) is 37.3 Å². The van der Waals surface area contributed by atoms with Crippen LogP contribution in [0.15, 0.2) is 71.2 Å². The molecule has 1 aliphatic heterocycles. The van der Waals surface area contributed by atoms with Gasteiger partial charge in [0.2, 0.25) is 0 Å². The van der Waals surface area contributed by atoms with Gasteiger partial charge >= 0.3 is 5.97 Å². The van der Waals surface area contributed by atoms with Crippen molar-refractivity contribution in [2.45, 2.75) is 25.7 Å². The second kappa shape index (κ2) is 9.17. The van der Waals surface area contributed by atoms with Crippen molar-refractivity contribution in [1.82, 2.24) is 5.32 Å². The third-order valence-corrected chi connectivity index (χ3v) is 5.48. The van der Waals surface area contributed by atoms with E-state index in [0.29, 0.717) is 39.0 Å². The minimum absolute atomic E-state index is 0.405. The Morgan fingerprint density at radius 3 is 2.52 bits per heavy atom. The number of nitrogens with zero attached hydrogens (tertiary/aromatic N) is 1. The van der Waals surface area contributed by atoms with Crippen molar-refractivity contribution in [1.29, 1.82) is 0 Å². The van der Waals surface area contributed by atoms with Crippen molar-refractivity contribution in [3.05, 3.63) is 104 Å². The SMILES string of the molecule is [C-]#[N+]C1=C(C)NC(CCc2ccccc2)=C(C(=O)OC)C1c1ccc(Cl)cc1Cl. The number of carbonyl (C=O) groups excluding carboxylic acids is 1. The van der Waals surface area contributed by atoms with E-state index in [4.69, 9.17) is 34.5 Å². The van der Waals surface area contributed by atoms with Gasteiger partial charge in [-0.1, -0.05) is 59.6 Å². The highest BCUT2D eigenvalue weighted by atomic mass is 35.5. The number of aryl methyl sites for hydroxylation is 1. The molecule has 1 N–H and O–H groups in total. The van der Waals surface area contributed by atoms with E-state index in [-0.39, 0.29) is 0 Å². The summed E-state index contributed by atoms with van der Waals surface area (Å²) in [6.45, 7) is 9.53. The van der Waals surface area contributed by atoms with E-state index in [1.165, 1.54) is 7.11 Å². The predicted molar refractivity (Wildman–Crippen MR) is 115 cm³/mol. The molecule has 1 unspecified atom stereocenters. The minimum Gasteiger partial charge on any atom is -0.466 e. The van der Waals surface area contributed by atoms with Gasteiger partial charge in [0.15, 0.2) is 5.70 Å². The molecule has 2 aromatic carbocycles. The van der Waals surface area contributed by atoms with Crippen molar-refractivity contribution in [3.8, 4) is 0 Å². The third kappa shape index (κ3) is 4.48. The normalized spacial score (nSPS) is 16.3. The van der Waals surface area contributed by atoms with Crippen LogP contribution in [0.25, 0.3) is 4.85 Å². The highest BCUT2D eigenvalue weighted by molar-refractivity contribution is 6.35. The summed E-state index contributed by atoms with van der Waals surface area (Å²) in [6, 6.07) is 15.1. The molecule has 1 aliphatic rings. The van der Waals surface area contributed by atoms with Crippen LogP contribution in [0.2, 0.25) is 10.0 Å². The molecule has 0 spiro atoms. The van der Waals surface area contributed by atoms with Crippen LogP contribution >= 0.6 is 23.2 Å². The largest absolute Gasteiger partial charge is 0.466 e. The Bertz CT molecular complexity index is 1040. The Kier molecular flexibility index (Phi) is 6.64. The average Bonchev–Trinajstić information content (AvgIpc) is 2.72. The standard InChI is InChI=1S/C23H20Cl2N2O2/c1-14-22(26-2)20(17-11-10-16(24)13-18(17)25)21(23(28)29-3)19(27-14)12-9-15-7-5-4-6-8-15/h4-8,10-11,13,20,27H,9,12H2,1,3H3. The number of esters is 1. The lowest BCUT2D eigenvalue weighted by molar-refractivity contribution is -0.136. The number of ether oxygens (including phenoxy) is 1. The Labute approximate surface area is 180 Å². The maximum absolute atomic E-state index is 12.8. The predicted octanol–water partition coefficient (Wildman–Crippen LogP) is 5.89. The first kappa shape index (κ1) is 21.0. The smallest absolute Gasteiger partial charge is 0.335 e. The molecule has 0 fully saturated rings. The van der Waals surface area contributed by atoms with Crippen LogP contribution in [-0.2, 0) is 16.0 Å². The number of nitrogens with one attached hydrogen (secondary N) is 1. The number of benzene rings is 2. The number of dihydropyridines is 1. The van der Waals surface area contributed by atoms with Crippen molar-refractivity contribution in [2.75, 3.05) is 7.11 Å². The molecule has 0 saturated carbocycles. The zero-order valence-electron chi connectivity index (χ0n) is 16.1. The molecule has 2 aromatic rings. The lowest BCUT2D eigenvalue weighted by Crippen LogP contribution is -2.29. The summed E-state index contributed by atoms with van der Waals surface area (Å²) < 4.78 is 5.08. The summed E-state index contributed by atoms with van der Waals surface area (Å²) in [5.41, 5.74) is 4.07. The fourth-order valence-electron chi connectivity index (χ4n) is 3.53. The second-order valence-corrected chi connectivity index (χ2v) is 7.56. The molecule has 6 heteroatoms. The summed E-state index contributed by atoms with van der Waals surface area (Å²) in [5.74, 6) is -1.10. The first-order valence-corrected chi connectivity index (χ1v) is 9.87. The van der Waals surface area contributed by atoms with Crippen molar-refractivity contribution < 1.29 is 9.53 Å². The molecule has 0 amide bonds. The topological polar surface area (TPSA) is 42.7 Å². The summed E-state index contributed by atoms with van der Waals surface area (Å²) >= 11 is 12.5. The van der Waals surface area contributed by atoms with Crippen LogP contribution in [-0.4, -0.2) is 13.1 Å². The van der Waals surface area contributed by atoms with Gasteiger partial charge in [-0.3, -0.25) is 0 Å². The maximum Gasteiger partial charge on any atom is 0.335 e. The molecular weight excluding hydrogens is 407 g/mol. The molecule has 0 bridgehead atoms. The Morgan fingerprint density at radius 2 is 1.90 bits per heavy atom. The van der Waals surface area contributed by atoms with Gasteiger partial charge in [0, 0.05) is 21.4 Å². The first-order chi connectivity index (χ1) is 14.0. The number of hydrogen-bond acceptors (Lipinski definition) is 3. The molecule has 4 nitrogen and oxygen atoms in total. The molecule has 0 saturated heterocycles. The number of hydrogen-bond donors (Lipinski definition) is 1. The van der Waals surface area contributed by atoms with E-state index in [2.05, 4.69) is 10.2 Å². The minimum atomic E-state index is -0.614. The molecule has 1 atom stereocenters. The van der Waals surface area contributed by atoms with E-state index in [1.54, 1.807) is 18.2 Å². The van der Waals surface area contributed by atoms with Crippen LogP contribution in [0.1, 0.15) is 30.4 Å². The summed E-state index contributed by atoms with van der Waals surface area (Å²) in [6.07, 6.45) is 1.34. The fraction of sp³-hybridized carbons (Fsp3) is 0.217. The summed E-state index contributed by atoms with van der Waals surface area (Å²) in [7, 11) is 1.34. The molecule has 0 aliphatic carbocycles. The number of halogens is 2. The van der Waals surface area contributed by atoms with Gasteiger partial charge in [0.1, 0.15) is 0 Å². The van der Waals surface area contributed by atoms with Gasteiger partial charge in [-0.2, -0.15) is 0 Å².